The number of phenolic OH excluding ortho intramolecular Hbond substituents is 3. The Kier molecular flexibility index (Phi) is 15.8. The van der Waals surface area contributed by atoms with E-state index in [1.54, 1.807) is 25.2 Å². The van der Waals surface area contributed by atoms with Gasteiger partial charge >= 0.3 is 18.2 Å². The number of pyridine rings is 2. The molecule has 6 atom stereocenters. The van der Waals surface area contributed by atoms with Gasteiger partial charge in [0, 0.05) is 67.1 Å². The van der Waals surface area contributed by atoms with Crippen molar-refractivity contribution < 1.29 is 63.3 Å². The predicted octanol–water partition coefficient (Wildman–Crippen LogP) is 8.70. The monoisotopic (exact) mass is 1120 g/mol. The number of ketones is 1. The lowest BCUT2D eigenvalue weighted by Crippen LogP contribution is -2.50. The van der Waals surface area contributed by atoms with E-state index < -0.39 is 76.7 Å². The number of carboxylic acids is 1. The molecule has 2 saturated carbocycles. The molecule has 1 amide bonds. The number of aliphatic hydroxyl groups excluding tert-OH is 1. The summed E-state index contributed by atoms with van der Waals surface area (Å²) in [6.45, 7) is 12.3. The number of hydrazone groups is 1. The van der Waals surface area contributed by atoms with Crippen LogP contribution in [0.1, 0.15) is 147 Å². The molecule has 5 aliphatic heterocycles. The highest BCUT2D eigenvalue weighted by Gasteiger charge is 2.56. The summed E-state index contributed by atoms with van der Waals surface area (Å²) in [5.41, 5.74) is 1.02. The number of piperidine rings is 1. The molecule has 20 heteroatoms. The molecule has 432 valence electrons. The molecule has 2 saturated heterocycles. The fourth-order valence-electron chi connectivity index (χ4n) is 13.0. The fourth-order valence-corrected chi connectivity index (χ4v) is 13.0. The first-order valence-electron chi connectivity index (χ1n) is 28.3. The van der Waals surface area contributed by atoms with Crippen molar-refractivity contribution in [2.45, 2.75) is 148 Å². The lowest BCUT2D eigenvalue weighted by atomic mass is 9.89. The quantitative estimate of drug-likeness (QED) is 0.0397. The maximum Gasteiger partial charge on any atom is 0.341 e. The number of benzene rings is 2. The number of carbonyl (C=O) groups excluding carboxylic acids is 3. The first-order chi connectivity index (χ1) is 38.6. The van der Waals surface area contributed by atoms with Crippen LogP contribution in [0.5, 0.6) is 23.0 Å². The third-order valence-electron chi connectivity index (χ3n) is 18.1. The van der Waals surface area contributed by atoms with Crippen molar-refractivity contribution in [1.82, 2.24) is 14.3 Å². The third kappa shape index (κ3) is 10.7. The number of carboxylic acid groups (broad SMARTS) is 1. The molecule has 7 aliphatic rings. The topological polar surface area (TPSA) is 253 Å². The zero-order valence-corrected chi connectivity index (χ0v) is 47.0. The number of phenols is 3. The number of hydrogen-bond acceptors (Lipinski definition) is 16. The van der Waals surface area contributed by atoms with Gasteiger partial charge in [-0.2, -0.15) is 5.10 Å². The highest BCUT2D eigenvalue weighted by molar-refractivity contribution is 6.23. The largest absolute Gasteiger partial charge is 0.507 e. The van der Waals surface area contributed by atoms with Gasteiger partial charge in [0.2, 0.25) is 5.78 Å². The number of fused-ring (bicyclic) bond motifs is 15. The molecule has 7 heterocycles. The minimum absolute atomic E-state index is 0.00724. The Bertz CT molecular complexity index is 3410. The predicted molar refractivity (Wildman–Crippen MR) is 302 cm³/mol. The number of aliphatic hydroxyl groups is 1. The Morgan fingerprint density at radius 3 is 2.35 bits per heavy atom. The van der Waals surface area contributed by atoms with Crippen molar-refractivity contribution in [2.24, 2.45) is 22.9 Å². The van der Waals surface area contributed by atoms with Crippen LogP contribution in [0.4, 0.5) is 15.8 Å². The normalized spacial score (nSPS) is 26.2. The van der Waals surface area contributed by atoms with Crippen LogP contribution in [0.25, 0.3) is 16.3 Å². The van der Waals surface area contributed by atoms with Crippen LogP contribution in [0.2, 0.25) is 0 Å². The van der Waals surface area contributed by atoms with Crippen LogP contribution >= 0.6 is 0 Å². The Labute approximate surface area is 469 Å². The van der Waals surface area contributed by atoms with E-state index in [9.17, 15) is 49.5 Å². The fraction of sp³-hybridized carbons (Fsp3) is 0.508. The number of hydrogen-bond donors (Lipinski definition) is 6. The number of aromatic nitrogens is 1. The molecule has 19 nitrogen and oxygen atoms in total. The summed E-state index contributed by atoms with van der Waals surface area (Å²) < 4.78 is 34.8. The number of amides is 1. The van der Waals surface area contributed by atoms with Gasteiger partial charge < -0.3 is 50.0 Å². The minimum atomic E-state index is -1.54. The van der Waals surface area contributed by atoms with Gasteiger partial charge in [0.05, 0.1) is 58.2 Å². The van der Waals surface area contributed by atoms with Crippen LogP contribution in [0.15, 0.2) is 58.3 Å². The van der Waals surface area contributed by atoms with Gasteiger partial charge in [-0.1, -0.05) is 32.1 Å². The highest BCUT2D eigenvalue weighted by atomic mass is 19.1. The van der Waals surface area contributed by atoms with E-state index in [0.29, 0.717) is 68.6 Å². The van der Waals surface area contributed by atoms with Gasteiger partial charge in [-0.15, -0.1) is 0 Å². The minimum Gasteiger partial charge on any atom is -0.507 e. The number of allylic oxidation sites excluding steroid dienone is 4. The number of nitrogens with one attached hydrogen (secondary N) is 1. The van der Waals surface area contributed by atoms with Crippen LogP contribution < -0.4 is 20.5 Å². The Balaban J connectivity index is 0.896. The summed E-state index contributed by atoms with van der Waals surface area (Å²) in [5, 5.41) is 66.0. The van der Waals surface area contributed by atoms with E-state index in [4.69, 9.17) is 19.3 Å². The molecule has 5 bridgehead atoms. The van der Waals surface area contributed by atoms with E-state index in [0.717, 1.165) is 56.7 Å². The van der Waals surface area contributed by atoms with Gasteiger partial charge in [0.25, 0.3) is 11.5 Å². The molecule has 4 fully saturated rings. The summed E-state index contributed by atoms with van der Waals surface area (Å²) in [6.07, 6.45) is 15.4. The molecule has 2 aromatic carbocycles. The van der Waals surface area contributed by atoms with Crippen LogP contribution in [-0.4, -0.2) is 133 Å². The Hall–Kier alpha value is -7.45. The number of esters is 1. The third-order valence-corrected chi connectivity index (χ3v) is 18.1. The van der Waals surface area contributed by atoms with Crippen LogP contribution in [-0.2, 0) is 19.1 Å². The second-order valence-electron chi connectivity index (χ2n) is 23.3. The Morgan fingerprint density at radius 2 is 1.67 bits per heavy atom. The highest BCUT2D eigenvalue weighted by Crippen LogP contribution is 2.55. The van der Waals surface area contributed by atoms with Gasteiger partial charge in [-0.3, -0.25) is 33.5 Å². The van der Waals surface area contributed by atoms with Crippen molar-refractivity contribution in [3.63, 3.8) is 0 Å². The zero-order valence-electron chi connectivity index (χ0n) is 47.0. The van der Waals surface area contributed by atoms with Crippen molar-refractivity contribution in [1.29, 1.82) is 0 Å². The number of aromatic carboxylic acids is 1. The van der Waals surface area contributed by atoms with Crippen molar-refractivity contribution >= 4 is 57.5 Å². The second kappa shape index (κ2) is 22.5. The van der Waals surface area contributed by atoms with Crippen LogP contribution in [0, 0.1) is 37.4 Å². The van der Waals surface area contributed by atoms with Crippen molar-refractivity contribution in [3.05, 3.63) is 98.0 Å². The van der Waals surface area contributed by atoms with Crippen molar-refractivity contribution in [3.8, 4) is 23.0 Å². The SMILES string of the molecule is CC(=O)OC1CC/C=C/OC2Oc3c(C)c(O)c4c(O)c(c(/C=N/N5CCC(N(C)C6(C7CCN(c8c(F)cn9c(=O)c(C(=O)O)cc(C%10CC%10)c9c8C)C7)CC6)CC5)c(O)c4c3C2=O)NC(=O)/C(C)=C\C=C\C(C)CCC(O)[C@H]1C. The summed E-state index contributed by atoms with van der Waals surface area (Å²) in [6, 6.07) is 1.66. The first kappa shape index (κ1) is 56.8. The molecule has 5 unspecified atom stereocenters. The molecule has 4 aromatic rings. The lowest BCUT2D eigenvalue weighted by Gasteiger charge is -2.42. The number of ether oxygens (including phenoxy) is 3. The number of carbonyl (C=O) groups is 4. The first-order valence-corrected chi connectivity index (χ1v) is 28.3. The van der Waals surface area contributed by atoms with Gasteiger partial charge in [-0.25, -0.2) is 9.18 Å². The number of nitrogens with zero attached hydrogens (tertiary/aromatic N) is 5. The molecule has 2 aromatic heterocycles. The summed E-state index contributed by atoms with van der Waals surface area (Å²) in [5.74, 6) is -5.51. The standard InChI is InChI=1S/C61H73FN6O13/c1-31-11-10-12-32(2)57(75)64-49-42(53(72)46-47(54(49)73)52(71)35(5)56-48(46)55(74)60(81-56)79-26-9-8-13-45(80-36(6)69)33(3)44(70)17-14-31)28-63-67-24-19-39(20-25-67)65(7)61(21-22-61)38-18-23-66(29-38)51-34(4)50-40(37-15-16-37)27-41(59(77)78)58(76)68(50)30-43(51)62/h9-12,26-28,30-31,33,37-39,44-45,60,70-73H,8,13-25,29H2,1-7H3,(H,64,75)(H,77,78)/b11-10+,26-9+,32-12-,63-28+/t31?,33-,38?,44?,45?,60?/m1/s1. The smallest absolute Gasteiger partial charge is 0.341 e. The number of Topliss-reactive ketones (excluding diaryl/α,β-unsaturated/α-hetero) is 1. The van der Waals surface area contributed by atoms with Gasteiger partial charge in [0.1, 0.15) is 28.9 Å². The number of aryl methyl sites for hydroxylation is 1. The molecular weight excluding hydrogens is 1040 g/mol. The molecule has 6 N–H and O–H groups in total. The van der Waals surface area contributed by atoms with E-state index >= 15 is 4.39 Å². The number of aromatic hydroxyl groups is 3. The van der Waals surface area contributed by atoms with Crippen LogP contribution in [0.3, 0.4) is 0 Å². The summed E-state index contributed by atoms with van der Waals surface area (Å²) in [4.78, 5) is 70.2. The molecule has 11 rings (SSSR count). The van der Waals surface area contributed by atoms with E-state index in [-0.39, 0.29) is 79.4 Å². The molecular formula is C61H73FN6O13. The molecule has 0 radical (unpaired) electrons. The van der Waals surface area contributed by atoms with E-state index in [1.807, 2.05) is 31.9 Å². The maximum atomic E-state index is 16.2. The molecule has 0 spiro atoms. The average Bonchev–Trinajstić information content (AvgIpc) is 2.96. The molecule has 2 aliphatic carbocycles. The summed E-state index contributed by atoms with van der Waals surface area (Å²) >= 11 is 0. The number of halogens is 1. The van der Waals surface area contributed by atoms with E-state index in [1.165, 1.54) is 36.8 Å². The van der Waals surface area contributed by atoms with Gasteiger partial charge in [-0.05, 0) is 139 Å². The zero-order chi connectivity index (χ0) is 57.9. The lowest BCUT2D eigenvalue weighted by molar-refractivity contribution is -0.151. The maximum absolute atomic E-state index is 16.2. The summed E-state index contributed by atoms with van der Waals surface area (Å²) in [7, 11) is 2.16. The van der Waals surface area contributed by atoms with Crippen molar-refractivity contribution in [2.75, 3.05) is 43.4 Å². The number of rotatable bonds is 9. The Morgan fingerprint density at radius 1 is 0.938 bits per heavy atom. The second-order valence-corrected chi connectivity index (χ2v) is 23.3. The number of anilines is 2. The molecule has 81 heavy (non-hydrogen) atoms. The van der Waals surface area contributed by atoms with Gasteiger partial charge in [0.15, 0.2) is 11.6 Å². The average molecular weight is 1120 g/mol. The van der Waals surface area contributed by atoms with E-state index in [2.05, 4.69) is 22.2 Å².